The second-order valence-electron chi connectivity index (χ2n) is 7.17. The van der Waals surface area contributed by atoms with Crippen LogP contribution in [0.4, 0.5) is 24.5 Å². The average Bonchev–Trinajstić information content (AvgIpc) is 3.10. The van der Waals surface area contributed by atoms with Crippen LogP contribution in [0.25, 0.3) is 5.70 Å². The number of fused-ring (bicyclic) bond motifs is 3. The maximum atomic E-state index is 12.4. The fourth-order valence-electron chi connectivity index (χ4n) is 3.86. The Kier molecular flexibility index (Phi) is 4.67. The Balaban J connectivity index is 1.49. The molecule has 0 saturated carbocycles. The molecule has 0 radical (unpaired) electrons. The number of morpholine rings is 1. The number of para-hydroxylation sites is 1. The number of aliphatic hydroxyl groups excluding tert-OH is 1. The molecule has 1 saturated heterocycles. The number of hydrazine groups is 2. The molecule has 162 valence electrons. The summed E-state index contributed by atoms with van der Waals surface area (Å²) in [5, 5.41) is 14.1. The van der Waals surface area contributed by atoms with Crippen LogP contribution >= 0.6 is 0 Å². The highest BCUT2D eigenvalue weighted by molar-refractivity contribution is 5.85. The number of benzene rings is 2. The number of alkyl halides is 3. The van der Waals surface area contributed by atoms with Crippen LogP contribution in [0.3, 0.4) is 0 Å². The van der Waals surface area contributed by atoms with Gasteiger partial charge in [-0.05, 0) is 36.4 Å². The van der Waals surface area contributed by atoms with Crippen LogP contribution < -0.4 is 20.3 Å². The number of allylic oxidation sites excluding steroid dienone is 1. The number of ether oxygens (including phenoxy) is 2. The topological polar surface area (TPSA) is 60.4 Å². The minimum Gasteiger partial charge on any atom is -0.492 e. The summed E-state index contributed by atoms with van der Waals surface area (Å²) in [6.45, 7) is 2.74. The first-order valence-corrected chi connectivity index (χ1v) is 9.70. The van der Waals surface area contributed by atoms with E-state index in [4.69, 9.17) is 4.74 Å². The molecule has 0 aromatic heterocycles. The predicted molar refractivity (Wildman–Crippen MR) is 108 cm³/mol. The maximum absolute atomic E-state index is 12.4. The molecule has 0 atom stereocenters. The molecule has 0 amide bonds. The van der Waals surface area contributed by atoms with Crippen LogP contribution in [0, 0.1) is 0 Å². The van der Waals surface area contributed by atoms with Gasteiger partial charge in [-0.3, -0.25) is 5.01 Å². The van der Waals surface area contributed by atoms with Crippen molar-refractivity contribution in [1.29, 1.82) is 0 Å². The van der Waals surface area contributed by atoms with Gasteiger partial charge in [0.25, 0.3) is 0 Å². The SMILES string of the molecule is OC1=C2C=C(N3CCOCC3)c3ccccc3N2NN1c1ccc(OC(F)(F)F)cc1. The third kappa shape index (κ3) is 3.64. The van der Waals surface area contributed by atoms with Crippen molar-refractivity contribution in [2.45, 2.75) is 6.36 Å². The number of halogens is 3. The van der Waals surface area contributed by atoms with Gasteiger partial charge in [0.05, 0.1) is 24.6 Å². The zero-order valence-electron chi connectivity index (χ0n) is 16.3. The Morgan fingerprint density at radius 1 is 0.968 bits per heavy atom. The monoisotopic (exact) mass is 432 g/mol. The van der Waals surface area contributed by atoms with Crippen LogP contribution in [0.2, 0.25) is 0 Å². The zero-order chi connectivity index (χ0) is 21.6. The maximum Gasteiger partial charge on any atom is 0.573 e. The first-order chi connectivity index (χ1) is 14.9. The number of rotatable bonds is 3. The Bertz CT molecular complexity index is 1050. The number of hydrogen-bond donors (Lipinski definition) is 2. The van der Waals surface area contributed by atoms with Gasteiger partial charge in [-0.2, -0.15) is 0 Å². The van der Waals surface area contributed by atoms with E-state index >= 15 is 0 Å². The fourth-order valence-corrected chi connectivity index (χ4v) is 3.86. The number of hydrogen-bond acceptors (Lipinski definition) is 7. The summed E-state index contributed by atoms with van der Waals surface area (Å²) < 4.78 is 46.6. The van der Waals surface area contributed by atoms with E-state index in [1.54, 1.807) is 5.01 Å². The van der Waals surface area contributed by atoms with E-state index in [1.165, 1.54) is 29.3 Å². The second-order valence-corrected chi connectivity index (χ2v) is 7.17. The van der Waals surface area contributed by atoms with E-state index in [-0.39, 0.29) is 11.6 Å². The third-order valence-corrected chi connectivity index (χ3v) is 5.26. The first-order valence-electron chi connectivity index (χ1n) is 9.70. The third-order valence-electron chi connectivity index (χ3n) is 5.26. The largest absolute Gasteiger partial charge is 0.573 e. The van der Waals surface area contributed by atoms with Crippen molar-refractivity contribution in [3.63, 3.8) is 0 Å². The summed E-state index contributed by atoms with van der Waals surface area (Å²) in [6, 6.07) is 13.1. The lowest BCUT2D eigenvalue weighted by Crippen LogP contribution is -2.43. The van der Waals surface area contributed by atoms with Crippen LogP contribution in [0.1, 0.15) is 5.56 Å². The van der Waals surface area contributed by atoms with Crippen molar-refractivity contribution in [2.75, 3.05) is 36.3 Å². The number of nitrogens with zero attached hydrogens (tertiary/aromatic N) is 3. The Morgan fingerprint density at radius 3 is 2.39 bits per heavy atom. The molecule has 5 rings (SSSR count). The van der Waals surface area contributed by atoms with Gasteiger partial charge < -0.3 is 19.5 Å². The van der Waals surface area contributed by atoms with Crippen molar-refractivity contribution in [3.05, 3.63) is 71.8 Å². The van der Waals surface area contributed by atoms with Gasteiger partial charge in [-0.1, -0.05) is 18.2 Å². The summed E-state index contributed by atoms with van der Waals surface area (Å²) in [6.07, 6.45) is -2.86. The van der Waals surface area contributed by atoms with Crippen molar-refractivity contribution >= 4 is 17.1 Å². The standard InChI is InChI=1S/C21H19F3N4O3/c22-21(23,24)31-15-7-5-14(6-8-15)27-20(29)19-13-18(26-9-11-30-12-10-26)16-3-1-2-4-17(16)28(19)25-27/h1-8,13,25,29H,9-12H2. The normalized spacial score (nSPS) is 18.7. The van der Waals surface area contributed by atoms with Gasteiger partial charge in [-0.15, -0.1) is 18.7 Å². The van der Waals surface area contributed by atoms with Crippen molar-refractivity contribution < 1.29 is 27.8 Å². The van der Waals surface area contributed by atoms with Crippen molar-refractivity contribution in [3.8, 4) is 5.75 Å². The molecule has 3 heterocycles. The summed E-state index contributed by atoms with van der Waals surface area (Å²) >= 11 is 0. The highest BCUT2D eigenvalue weighted by atomic mass is 19.4. The molecule has 0 spiro atoms. The van der Waals surface area contributed by atoms with Crippen LogP contribution in [0.15, 0.2) is 66.2 Å². The van der Waals surface area contributed by atoms with Gasteiger partial charge >= 0.3 is 6.36 Å². The van der Waals surface area contributed by atoms with Crippen LogP contribution in [-0.4, -0.2) is 42.7 Å². The summed E-state index contributed by atoms with van der Waals surface area (Å²) in [5.74, 6) is -0.398. The fraction of sp³-hybridized carbons (Fsp3) is 0.238. The van der Waals surface area contributed by atoms with Crippen LogP contribution in [-0.2, 0) is 4.74 Å². The van der Waals surface area contributed by atoms with E-state index in [9.17, 15) is 18.3 Å². The van der Waals surface area contributed by atoms with E-state index in [2.05, 4.69) is 15.2 Å². The van der Waals surface area contributed by atoms with Gasteiger partial charge in [0.1, 0.15) is 11.4 Å². The van der Waals surface area contributed by atoms with Gasteiger partial charge in [-0.25, -0.2) is 5.01 Å². The summed E-state index contributed by atoms with van der Waals surface area (Å²) in [5.41, 5.74) is 6.93. The Hall–Kier alpha value is -3.37. The Labute approximate surface area is 176 Å². The molecular formula is C21H19F3N4O3. The lowest BCUT2D eigenvalue weighted by Gasteiger charge is -2.36. The lowest BCUT2D eigenvalue weighted by molar-refractivity contribution is -0.274. The minimum atomic E-state index is -4.76. The number of anilines is 2. The van der Waals surface area contributed by atoms with Crippen LogP contribution in [0.5, 0.6) is 5.75 Å². The molecule has 0 unspecified atom stereocenters. The second kappa shape index (κ2) is 7.40. The minimum absolute atomic E-state index is 0.0650. The molecule has 2 aromatic rings. The molecule has 31 heavy (non-hydrogen) atoms. The van der Waals surface area contributed by atoms with E-state index in [0.717, 1.165) is 30.0 Å². The van der Waals surface area contributed by atoms with E-state index in [0.29, 0.717) is 24.6 Å². The smallest absolute Gasteiger partial charge is 0.492 e. The highest BCUT2D eigenvalue weighted by Gasteiger charge is 2.36. The number of aliphatic hydroxyl groups is 1. The Morgan fingerprint density at radius 2 is 1.68 bits per heavy atom. The van der Waals surface area contributed by atoms with Gasteiger partial charge in [0.2, 0.25) is 5.88 Å². The highest BCUT2D eigenvalue weighted by Crippen LogP contribution is 2.41. The summed E-state index contributed by atoms with van der Waals surface area (Å²) in [4.78, 5) is 2.21. The van der Waals surface area contributed by atoms with Crippen molar-refractivity contribution in [1.82, 2.24) is 10.4 Å². The lowest BCUT2D eigenvalue weighted by atomic mass is 10.0. The first kappa shape index (κ1) is 19.6. The predicted octanol–water partition coefficient (Wildman–Crippen LogP) is 3.75. The van der Waals surface area contributed by atoms with Gasteiger partial charge in [0.15, 0.2) is 0 Å². The molecule has 10 heteroatoms. The molecule has 0 bridgehead atoms. The van der Waals surface area contributed by atoms with E-state index < -0.39 is 6.36 Å². The van der Waals surface area contributed by atoms with E-state index in [1.807, 2.05) is 30.3 Å². The molecule has 7 nitrogen and oxygen atoms in total. The molecule has 3 aliphatic heterocycles. The quantitative estimate of drug-likeness (QED) is 0.766. The van der Waals surface area contributed by atoms with Gasteiger partial charge in [0, 0.05) is 24.4 Å². The zero-order valence-corrected chi connectivity index (χ0v) is 16.3. The molecule has 3 aliphatic rings. The summed E-state index contributed by atoms with van der Waals surface area (Å²) in [7, 11) is 0. The molecule has 2 aromatic carbocycles. The molecule has 0 aliphatic carbocycles. The molecule has 2 N–H and O–H groups in total. The number of nitrogens with one attached hydrogen (secondary N) is 1. The molecular weight excluding hydrogens is 413 g/mol. The average molecular weight is 432 g/mol. The van der Waals surface area contributed by atoms with Crippen molar-refractivity contribution in [2.24, 2.45) is 0 Å². The molecule has 1 fully saturated rings.